The Labute approximate surface area is 264 Å². The third-order valence-corrected chi connectivity index (χ3v) is 7.60. The Bertz CT molecular complexity index is 2060. The summed E-state index contributed by atoms with van der Waals surface area (Å²) in [5, 5.41) is 35.7. The summed E-state index contributed by atoms with van der Waals surface area (Å²) in [6.07, 6.45) is 6.53. The minimum Gasteiger partial charge on any atom is -0.378 e. The summed E-state index contributed by atoms with van der Waals surface area (Å²) in [6, 6.07) is 26.2. The molecule has 6 aromatic rings. The van der Waals surface area contributed by atoms with E-state index in [9.17, 15) is 14.9 Å². The van der Waals surface area contributed by atoms with Crippen LogP contribution in [0.5, 0.6) is 0 Å². The van der Waals surface area contributed by atoms with Crippen LogP contribution in [0.15, 0.2) is 104 Å². The summed E-state index contributed by atoms with van der Waals surface area (Å²) in [4.78, 5) is 8.58. The average molecular weight is 610 g/mol. The summed E-state index contributed by atoms with van der Waals surface area (Å²) < 4.78 is 15.5. The standard InChI is InChI=1S/C33H22BClFN9/c34-33(23-8-10-24(36)11-9-23,30-20-45(44-43-30)26-7-4-14-39-19-26)42-25-15-27-31(22(17-38)18-40-32(27)28(35)16-25)41-29(12-13-37)21-5-2-1-3-6-21/h1-11,14-16,18-20,29,42H,12H2,(H,40,41). The summed E-state index contributed by atoms with van der Waals surface area (Å²) in [5.41, 5.74) is 2.51. The number of aromatic nitrogens is 5. The van der Waals surface area contributed by atoms with Crippen LogP contribution in [0, 0.1) is 28.5 Å². The molecule has 2 radical (unpaired) electrons. The van der Waals surface area contributed by atoms with Gasteiger partial charge in [-0.25, -0.2) is 9.07 Å². The molecule has 0 aliphatic heterocycles. The molecule has 0 saturated heterocycles. The van der Waals surface area contributed by atoms with E-state index in [1.165, 1.54) is 23.0 Å². The lowest BCUT2D eigenvalue weighted by molar-refractivity contribution is 0.625. The average Bonchev–Trinajstić information content (AvgIpc) is 3.57. The van der Waals surface area contributed by atoms with Gasteiger partial charge in [-0.1, -0.05) is 59.3 Å². The Hall–Kier alpha value is -5.78. The lowest BCUT2D eigenvalue weighted by atomic mass is 9.69. The Kier molecular flexibility index (Phi) is 8.11. The van der Waals surface area contributed by atoms with Crippen LogP contribution in [0.4, 0.5) is 15.8 Å². The van der Waals surface area contributed by atoms with Crippen molar-refractivity contribution in [2.45, 2.75) is 17.9 Å². The van der Waals surface area contributed by atoms with Gasteiger partial charge in [0.2, 0.25) is 0 Å². The molecule has 12 heteroatoms. The normalized spacial score (nSPS) is 12.9. The van der Waals surface area contributed by atoms with Crippen molar-refractivity contribution in [3.05, 3.63) is 137 Å². The lowest BCUT2D eigenvalue weighted by Gasteiger charge is -2.32. The van der Waals surface area contributed by atoms with Crippen LogP contribution in [0.3, 0.4) is 0 Å². The smallest absolute Gasteiger partial charge is 0.123 e. The maximum absolute atomic E-state index is 14.0. The summed E-state index contributed by atoms with van der Waals surface area (Å²) in [7, 11) is 7.07. The van der Waals surface area contributed by atoms with E-state index in [1.807, 2.05) is 36.4 Å². The molecule has 45 heavy (non-hydrogen) atoms. The molecule has 0 aliphatic carbocycles. The maximum atomic E-state index is 14.0. The number of halogens is 2. The van der Waals surface area contributed by atoms with E-state index in [2.05, 4.69) is 43.1 Å². The zero-order chi connectivity index (χ0) is 31.4. The van der Waals surface area contributed by atoms with E-state index in [1.54, 1.807) is 48.9 Å². The zero-order valence-electron chi connectivity index (χ0n) is 23.6. The Morgan fingerprint density at radius 1 is 1.02 bits per heavy atom. The fraction of sp³-hybridized carbons (Fsp3) is 0.0909. The first kappa shape index (κ1) is 29.3. The number of pyridine rings is 2. The van der Waals surface area contributed by atoms with Gasteiger partial charge in [0.25, 0.3) is 0 Å². The molecule has 2 N–H and O–H groups in total. The molecule has 3 aromatic heterocycles. The van der Waals surface area contributed by atoms with Crippen molar-refractivity contribution in [3.8, 4) is 17.8 Å². The van der Waals surface area contributed by atoms with E-state index in [0.717, 1.165) is 5.56 Å². The van der Waals surface area contributed by atoms with Crippen molar-refractivity contribution in [3.63, 3.8) is 0 Å². The Morgan fingerprint density at radius 3 is 2.53 bits per heavy atom. The van der Waals surface area contributed by atoms with Gasteiger partial charge in [0.15, 0.2) is 0 Å². The van der Waals surface area contributed by atoms with Gasteiger partial charge in [-0.05, 0) is 47.5 Å². The van der Waals surface area contributed by atoms with Crippen LogP contribution in [0.25, 0.3) is 16.6 Å². The van der Waals surface area contributed by atoms with Crippen molar-refractivity contribution >= 4 is 41.7 Å². The predicted molar refractivity (Wildman–Crippen MR) is 170 cm³/mol. The molecule has 3 aromatic carbocycles. The molecule has 0 bridgehead atoms. The first-order chi connectivity index (χ1) is 21.9. The first-order valence-electron chi connectivity index (χ1n) is 13.8. The van der Waals surface area contributed by atoms with Crippen LogP contribution in [0.1, 0.15) is 34.8 Å². The fourth-order valence-corrected chi connectivity index (χ4v) is 5.33. The van der Waals surface area contributed by atoms with Gasteiger partial charge in [0, 0.05) is 23.5 Å². The van der Waals surface area contributed by atoms with E-state index >= 15 is 0 Å². The second-order valence-electron chi connectivity index (χ2n) is 10.2. The molecule has 9 nitrogen and oxygen atoms in total. The van der Waals surface area contributed by atoms with E-state index < -0.39 is 17.3 Å². The van der Waals surface area contributed by atoms with Crippen molar-refractivity contribution in [2.75, 3.05) is 10.6 Å². The van der Waals surface area contributed by atoms with Crippen molar-refractivity contribution in [1.29, 1.82) is 10.5 Å². The highest BCUT2D eigenvalue weighted by Crippen LogP contribution is 2.38. The third-order valence-electron chi connectivity index (χ3n) is 7.31. The topological polar surface area (TPSA) is 128 Å². The predicted octanol–water partition coefficient (Wildman–Crippen LogP) is 6.42. The SMILES string of the molecule is [B]C(Nc1cc(Cl)c2ncc(C#N)c(NC(CC#N)c3ccccc3)c2c1)(c1ccc(F)cc1)c1cn(-c2cccnc2)nn1. The van der Waals surface area contributed by atoms with Crippen LogP contribution in [0.2, 0.25) is 5.02 Å². The second-order valence-corrected chi connectivity index (χ2v) is 10.6. The largest absolute Gasteiger partial charge is 0.378 e. The molecule has 3 heterocycles. The summed E-state index contributed by atoms with van der Waals surface area (Å²) in [6.45, 7) is 0. The van der Waals surface area contributed by atoms with Gasteiger partial charge in [-0.15, -0.1) is 5.10 Å². The number of anilines is 2. The molecule has 0 spiro atoms. The number of benzene rings is 3. The molecule has 2 atom stereocenters. The number of rotatable bonds is 9. The molecule has 0 fully saturated rings. The zero-order valence-corrected chi connectivity index (χ0v) is 24.3. The van der Waals surface area contributed by atoms with Gasteiger partial charge in [0.1, 0.15) is 25.4 Å². The van der Waals surface area contributed by atoms with Crippen LogP contribution >= 0.6 is 11.6 Å². The summed E-state index contributed by atoms with van der Waals surface area (Å²) in [5.74, 6) is -0.426. The van der Waals surface area contributed by atoms with Gasteiger partial charge < -0.3 is 10.6 Å². The van der Waals surface area contributed by atoms with Gasteiger partial charge in [0.05, 0.1) is 63.8 Å². The maximum Gasteiger partial charge on any atom is 0.123 e. The van der Waals surface area contributed by atoms with E-state index in [0.29, 0.717) is 44.2 Å². The number of hydrogen-bond acceptors (Lipinski definition) is 8. The molecular formula is C33H22BClFN9. The molecule has 0 amide bonds. The van der Waals surface area contributed by atoms with Gasteiger partial charge >= 0.3 is 0 Å². The number of nitriles is 2. The summed E-state index contributed by atoms with van der Waals surface area (Å²) >= 11 is 6.78. The highest BCUT2D eigenvalue weighted by Gasteiger charge is 2.32. The third kappa shape index (κ3) is 5.90. The molecular weight excluding hydrogens is 588 g/mol. The van der Waals surface area contributed by atoms with Crippen LogP contribution in [-0.4, -0.2) is 32.8 Å². The van der Waals surface area contributed by atoms with Crippen LogP contribution in [-0.2, 0) is 5.44 Å². The molecule has 2 unspecified atom stereocenters. The number of nitrogens with zero attached hydrogens (tertiary/aromatic N) is 7. The second kappa shape index (κ2) is 12.5. The van der Waals surface area contributed by atoms with E-state index in [4.69, 9.17) is 19.4 Å². The molecule has 216 valence electrons. The van der Waals surface area contributed by atoms with Gasteiger partial charge in [-0.2, -0.15) is 10.5 Å². The monoisotopic (exact) mass is 609 g/mol. The van der Waals surface area contributed by atoms with Crippen molar-refractivity contribution in [1.82, 2.24) is 25.0 Å². The fourth-order valence-electron chi connectivity index (χ4n) is 5.06. The number of nitrogens with one attached hydrogen (secondary N) is 2. The quantitative estimate of drug-likeness (QED) is 0.180. The highest BCUT2D eigenvalue weighted by molar-refractivity contribution is 6.36. The number of hydrogen-bond donors (Lipinski definition) is 2. The number of fused-ring (bicyclic) bond motifs is 1. The van der Waals surface area contributed by atoms with Crippen LogP contribution < -0.4 is 10.6 Å². The molecule has 0 saturated carbocycles. The highest BCUT2D eigenvalue weighted by atomic mass is 35.5. The minimum absolute atomic E-state index is 0.146. The molecule has 6 rings (SSSR count). The molecule has 0 aliphatic rings. The Balaban J connectivity index is 1.47. The Morgan fingerprint density at radius 2 is 1.82 bits per heavy atom. The van der Waals surface area contributed by atoms with Crippen molar-refractivity contribution < 1.29 is 4.39 Å². The lowest BCUT2D eigenvalue weighted by Crippen LogP contribution is -2.37. The minimum atomic E-state index is -1.51. The van der Waals surface area contributed by atoms with E-state index in [-0.39, 0.29) is 12.0 Å². The van der Waals surface area contributed by atoms with Crippen molar-refractivity contribution in [2.24, 2.45) is 0 Å². The van der Waals surface area contributed by atoms with Gasteiger partial charge in [-0.3, -0.25) is 9.97 Å². The first-order valence-corrected chi connectivity index (χ1v) is 14.1.